The maximum atomic E-state index is 12.7. The molecule has 1 aromatic heterocycles. The lowest BCUT2D eigenvalue weighted by atomic mass is 10.1. The highest BCUT2D eigenvalue weighted by atomic mass is 16.5. The third-order valence-electron chi connectivity index (χ3n) is 4.66. The van der Waals surface area contributed by atoms with Gasteiger partial charge in [-0.05, 0) is 42.8 Å². The van der Waals surface area contributed by atoms with E-state index in [1.165, 1.54) is 0 Å². The summed E-state index contributed by atoms with van der Waals surface area (Å²) in [5.41, 5.74) is 3.32. The summed E-state index contributed by atoms with van der Waals surface area (Å²) in [5.74, 6) is 0.658. The summed E-state index contributed by atoms with van der Waals surface area (Å²) in [6.07, 6.45) is 0. The normalized spacial score (nSPS) is 10.5. The van der Waals surface area contributed by atoms with Gasteiger partial charge >= 0.3 is 5.97 Å². The van der Waals surface area contributed by atoms with E-state index in [1.54, 1.807) is 37.3 Å². The van der Waals surface area contributed by atoms with Gasteiger partial charge in [-0.25, -0.2) is 4.79 Å². The lowest BCUT2D eigenvalue weighted by Gasteiger charge is -2.07. The van der Waals surface area contributed by atoms with Crippen LogP contribution in [0.15, 0.2) is 77.2 Å². The van der Waals surface area contributed by atoms with Crippen LogP contribution in [0.5, 0.6) is 5.75 Å². The van der Waals surface area contributed by atoms with Crippen LogP contribution in [0.2, 0.25) is 0 Å². The molecule has 0 saturated heterocycles. The van der Waals surface area contributed by atoms with Crippen molar-refractivity contribution in [2.45, 2.75) is 13.5 Å². The van der Waals surface area contributed by atoms with Gasteiger partial charge in [0.05, 0.1) is 18.2 Å². The Balaban J connectivity index is 1.69. The number of carbonyl (C=O) groups excluding carboxylic acids is 1. The van der Waals surface area contributed by atoms with Gasteiger partial charge in [0.2, 0.25) is 0 Å². The Kier molecular flexibility index (Phi) is 5.49. The van der Waals surface area contributed by atoms with Gasteiger partial charge in [0.1, 0.15) is 29.3 Å². The Labute approximate surface area is 174 Å². The molecule has 30 heavy (non-hydrogen) atoms. The minimum atomic E-state index is -0.431. The van der Waals surface area contributed by atoms with Crippen molar-refractivity contribution in [2.24, 2.45) is 0 Å². The first-order valence-electron chi connectivity index (χ1n) is 9.60. The van der Waals surface area contributed by atoms with Crippen LogP contribution < -0.4 is 4.74 Å². The molecule has 148 valence electrons. The van der Waals surface area contributed by atoms with Crippen LogP contribution in [0, 0.1) is 11.3 Å². The molecule has 0 spiro atoms. The highest BCUT2D eigenvalue weighted by molar-refractivity contribution is 6.09. The fourth-order valence-corrected chi connectivity index (χ4v) is 3.21. The third kappa shape index (κ3) is 3.89. The van der Waals surface area contributed by atoms with Gasteiger partial charge in [-0.3, -0.25) is 0 Å². The summed E-state index contributed by atoms with van der Waals surface area (Å²) in [5, 5.41) is 9.55. The van der Waals surface area contributed by atoms with Crippen LogP contribution in [-0.4, -0.2) is 12.6 Å². The van der Waals surface area contributed by atoms with Crippen LogP contribution in [0.4, 0.5) is 0 Å². The van der Waals surface area contributed by atoms with Crippen molar-refractivity contribution in [3.05, 3.63) is 89.5 Å². The molecule has 0 aliphatic heterocycles. The Hall–Kier alpha value is -4.04. The molecule has 4 rings (SSSR count). The van der Waals surface area contributed by atoms with Gasteiger partial charge in [0, 0.05) is 10.9 Å². The number of fused-ring (bicyclic) bond motifs is 1. The predicted octanol–water partition coefficient (Wildman–Crippen LogP) is 5.73. The molecule has 0 radical (unpaired) electrons. The molecular formula is C25H19NO4. The van der Waals surface area contributed by atoms with Crippen LogP contribution >= 0.6 is 0 Å². The molecule has 0 fully saturated rings. The Morgan fingerprint density at radius 3 is 2.50 bits per heavy atom. The SMILES string of the molecule is CCOC(=O)c1c(-c2ccccc2)oc2ccc(OCc3ccc(C#N)cc3)cc12. The van der Waals surface area contributed by atoms with E-state index < -0.39 is 5.97 Å². The van der Waals surface area contributed by atoms with E-state index >= 15 is 0 Å². The van der Waals surface area contributed by atoms with Crippen LogP contribution in [0.3, 0.4) is 0 Å². The van der Waals surface area contributed by atoms with Crippen molar-refractivity contribution in [1.82, 2.24) is 0 Å². The minimum Gasteiger partial charge on any atom is -0.489 e. The second-order valence-electron chi connectivity index (χ2n) is 6.65. The van der Waals surface area contributed by atoms with Gasteiger partial charge < -0.3 is 13.9 Å². The van der Waals surface area contributed by atoms with E-state index in [9.17, 15) is 4.79 Å². The number of nitriles is 1. The van der Waals surface area contributed by atoms with E-state index in [2.05, 4.69) is 6.07 Å². The summed E-state index contributed by atoms with van der Waals surface area (Å²) in [7, 11) is 0. The standard InChI is InChI=1S/C25H19NO4/c1-2-28-25(27)23-21-14-20(29-16-18-10-8-17(15-26)9-11-18)12-13-22(21)30-24(23)19-6-4-3-5-7-19/h3-14H,2,16H2,1H3. The van der Waals surface area contributed by atoms with Gasteiger partial charge in [-0.2, -0.15) is 5.26 Å². The number of carbonyl (C=O) groups is 1. The van der Waals surface area contributed by atoms with Crippen molar-refractivity contribution in [2.75, 3.05) is 6.61 Å². The van der Waals surface area contributed by atoms with Crippen LogP contribution in [0.25, 0.3) is 22.3 Å². The zero-order chi connectivity index (χ0) is 20.9. The average Bonchev–Trinajstić information content (AvgIpc) is 3.18. The molecule has 5 heteroatoms. The molecule has 3 aromatic carbocycles. The molecule has 0 aliphatic carbocycles. The smallest absolute Gasteiger partial charge is 0.342 e. The van der Waals surface area contributed by atoms with Crippen molar-refractivity contribution in [1.29, 1.82) is 5.26 Å². The maximum Gasteiger partial charge on any atom is 0.342 e. The fourth-order valence-electron chi connectivity index (χ4n) is 3.21. The zero-order valence-electron chi connectivity index (χ0n) is 16.4. The molecule has 5 nitrogen and oxygen atoms in total. The van der Waals surface area contributed by atoms with E-state index in [1.807, 2.05) is 42.5 Å². The van der Waals surface area contributed by atoms with Gasteiger partial charge in [0.15, 0.2) is 0 Å². The summed E-state index contributed by atoms with van der Waals surface area (Å²) < 4.78 is 17.2. The average molecular weight is 397 g/mol. The second-order valence-corrected chi connectivity index (χ2v) is 6.65. The molecule has 0 saturated carbocycles. The Bertz CT molecular complexity index is 1220. The van der Waals surface area contributed by atoms with Crippen molar-refractivity contribution >= 4 is 16.9 Å². The number of rotatable bonds is 6. The van der Waals surface area contributed by atoms with E-state index in [-0.39, 0.29) is 6.61 Å². The lowest BCUT2D eigenvalue weighted by Crippen LogP contribution is -2.05. The molecule has 4 aromatic rings. The number of hydrogen-bond acceptors (Lipinski definition) is 5. The van der Waals surface area contributed by atoms with Crippen LogP contribution in [-0.2, 0) is 11.3 Å². The number of benzene rings is 3. The molecule has 1 heterocycles. The van der Waals surface area contributed by atoms with E-state index in [0.29, 0.717) is 40.2 Å². The molecule has 0 atom stereocenters. The van der Waals surface area contributed by atoms with Gasteiger partial charge in [-0.15, -0.1) is 0 Å². The predicted molar refractivity (Wildman–Crippen MR) is 113 cm³/mol. The monoisotopic (exact) mass is 397 g/mol. The molecule has 0 N–H and O–H groups in total. The third-order valence-corrected chi connectivity index (χ3v) is 4.66. The Morgan fingerprint density at radius 1 is 1.03 bits per heavy atom. The zero-order valence-corrected chi connectivity index (χ0v) is 16.4. The fraction of sp³-hybridized carbons (Fsp3) is 0.120. The number of ether oxygens (including phenoxy) is 2. The highest BCUT2D eigenvalue weighted by Gasteiger charge is 2.23. The topological polar surface area (TPSA) is 72.5 Å². The molecule has 0 aliphatic rings. The molecule has 0 amide bonds. The summed E-state index contributed by atoms with van der Waals surface area (Å²) in [6, 6.07) is 24.2. The molecule has 0 bridgehead atoms. The molecular weight excluding hydrogens is 378 g/mol. The summed E-state index contributed by atoms with van der Waals surface area (Å²) in [4.78, 5) is 12.7. The first kappa shape index (κ1) is 19.3. The number of hydrogen-bond donors (Lipinski definition) is 0. The van der Waals surface area contributed by atoms with E-state index in [4.69, 9.17) is 19.2 Å². The first-order chi connectivity index (χ1) is 14.7. The number of nitrogens with zero attached hydrogens (tertiary/aromatic N) is 1. The first-order valence-corrected chi connectivity index (χ1v) is 9.60. The molecule has 0 unspecified atom stereocenters. The Morgan fingerprint density at radius 2 is 1.80 bits per heavy atom. The van der Waals surface area contributed by atoms with Crippen molar-refractivity contribution in [3.8, 4) is 23.1 Å². The van der Waals surface area contributed by atoms with E-state index in [0.717, 1.165) is 11.1 Å². The minimum absolute atomic E-state index is 0.272. The summed E-state index contributed by atoms with van der Waals surface area (Å²) in [6.45, 7) is 2.39. The second kappa shape index (κ2) is 8.54. The van der Waals surface area contributed by atoms with Gasteiger partial charge in [-0.1, -0.05) is 42.5 Å². The highest BCUT2D eigenvalue weighted by Crippen LogP contribution is 2.36. The largest absolute Gasteiger partial charge is 0.489 e. The summed E-state index contributed by atoms with van der Waals surface area (Å²) >= 11 is 0. The lowest BCUT2D eigenvalue weighted by molar-refractivity contribution is 0.0528. The van der Waals surface area contributed by atoms with Crippen LogP contribution in [0.1, 0.15) is 28.4 Å². The quantitative estimate of drug-likeness (QED) is 0.389. The van der Waals surface area contributed by atoms with Crippen molar-refractivity contribution < 1.29 is 18.7 Å². The number of esters is 1. The maximum absolute atomic E-state index is 12.7. The van der Waals surface area contributed by atoms with Gasteiger partial charge in [0.25, 0.3) is 0 Å². The number of furan rings is 1. The van der Waals surface area contributed by atoms with Crippen molar-refractivity contribution in [3.63, 3.8) is 0 Å².